The molecule has 0 bridgehead atoms. The van der Waals surface area contributed by atoms with Crippen LogP contribution < -0.4 is 5.73 Å². The number of nitrogens with zero attached hydrogens (tertiary/aromatic N) is 2. The van der Waals surface area contributed by atoms with Crippen LogP contribution in [0.15, 0.2) is 35.7 Å². The molecule has 5 heteroatoms. The maximum absolute atomic E-state index is 5.96. The third kappa shape index (κ3) is 3.09. The van der Waals surface area contributed by atoms with Crippen molar-refractivity contribution in [1.82, 2.24) is 9.88 Å². The van der Waals surface area contributed by atoms with E-state index in [1.165, 1.54) is 48.7 Å². The Morgan fingerprint density at radius 3 is 2.42 bits per heavy atom. The fourth-order valence-electron chi connectivity index (χ4n) is 4.28. The Kier molecular flexibility index (Phi) is 4.83. The fraction of sp³-hybridized carbons (Fsp3) is 0.526. The average Bonchev–Trinajstić information content (AvgIpc) is 3.10. The van der Waals surface area contributed by atoms with Gasteiger partial charge in [0.25, 0.3) is 0 Å². The number of rotatable bonds is 3. The van der Waals surface area contributed by atoms with Gasteiger partial charge in [0.05, 0.1) is 5.69 Å². The minimum Gasteiger partial charge on any atom is -0.375 e. The molecule has 1 aromatic heterocycles. The topological polar surface area (TPSA) is 42.1 Å². The van der Waals surface area contributed by atoms with E-state index in [0.717, 1.165) is 18.9 Å². The van der Waals surface area contributed by atoms with Crippen LogP contribution in [-0.4, -0.2) is 40.5 Å². The molecule has 0 spiro atoms. The van der Waals surface area contributed by atoms with Gasteiger partial charge in [-0.15, -0.1) is 11.3 Å². The van der Waals surface area contributed by atoms with Crippen LogP contribution in [0.3, 0.4) is 0 Å². The highest BCUT2D eigenvalue weighted by atomic mass is 32.2. The number of piperidine rings is 1. The van der Waals surface area contributed by atoms with E-state index >= 15 is 0 Å². The van der Waals surface area contributed by atoms with Crippen LogP contribution in [0.25, 0.3) is 0 Å². The number of hydrogen-bond donors (Lipinski definition) is 1. The second-order valence-electron chi connectivity index (χ2n) is 6.90. The third-order valence-corrected chi connectivity index (χ3v) is 7.42. The van der Waals surface area contributed by atoms with Crippen molar-refractivity contribution in [2.45, 2.75) is 37.1 Å². The molecule has 2 aliphatic rings. The highest BCUT2D eigenvalue weighted by Crippen LogP contribution is 2.43. The molecule has 0 unspecified atom stereocenters. The molecule has 3 nitrogen and oxygen atoms in total. The van der Waals surface area contributed by atoms with Gasteiger partial charge in [-0.1, -0.05) is 30.3 Å². The third-order valence-electron chi connectivity index (χ3n) is 5.70. The van der Waals surface area contributed by atoms with Gasteiger partial charge in [0.15, 0.2) is 5.13 Å². The highest BCUT2D eigenvalue weighted by molar-refractivity contribution is 7.99. The lowest BCUT2D eigenvalue weighted by Gasteiger charge is -2.45. The Labute approximate surface area is 152 Å². The standard InChI is InChI=1S/C19H25N3S2/c20-18-21-17(14-24-18)19(15-4-2-1-3-5-15)8-10-22(11-9-19)16-6-12-23-13-7-16/h1-5,14,16H,6-13H2,(H2,20,21). The molecule has 3 heterocycles. The number of thiazole rings is 1. The summed E-state index contributed by atoms with van der Waals surface area (Å²) in [5.74, 6) is 2.65. The number of nitrogen functional groups attached to an aromatic ring is 1. The summed E-state index contributed by atoms with van der Waals surface area (Å²) < 4.78 is 0. The van der Waals surface area contributed by atoms with Crippen LogP contribution in [-0.2, 0) is 5.41 Å². The average molecular weight is 360 g/mol. The zero-order chi connectivity index (χ0) is 16.4. The SMILES string of the molecule is Nc1nc(C2(c3ccccc3)CCN(C3CCSCC3)CC2)cs1. The van der Waals surface area contributed by atoms with Gasteiger partial charge in [0, 0.05) is 16.8 Å². The van der Waals surface area contributed by atoms with E-state index in [0.29, 0.717) is 5.13 Å². The van der Waals surface area contributed by atoms with Crippen LogP contribution in [0.4, 0.5) is 5.13 Å². The Hall–Kier alpha value is -1.04. The quantitative estimate of drug-likeness (QED) is 0.899. The minimum absolute atomic E-state index is 0.0370. The molecule has 0 amide bonds. The number of hydrogen-bond acceptors (Lipinski definition) is 5. The molecule has 128 valence electrons. The van der Waals surface area contributed by atoms with Crippen molar-refractivity contribution < 1.29 is 0 Å². The molecule has 2 N–H and O–H groups in total. The number of nitrogens with two attached hydrogens (primary N) is 1. The molecule has 2 aromatic rings. The molecule has 2 fully saturated rings. The lowest BCUT2D eigenvalue weighted by molar-refractivity contribution is 0.121. The zero-order valence-electron chi connectivity index (χ0n) is 14.0. The van der Waals surface area contributed by atoms with Crippen LogP contribution in [0.2, 0.25) is 0 Å². The van der Waals surface area contributed by atoms with Crippen LogP contribution in [0.5, 0.6) is 0 Å². The first-order valence-electron chi connectivity index (χ1n) is 8.87. The van der Waals surface area contributed by atoms with Crippen LogP contribution >= 0.6 is 23.1 Å². The van der Waals surface area contributed by atoms with Crippen molar-refractivity contribution in [2.24, 2.45) is 0 Å². The normalized spacial score (nSPS) is 22.5. The Bertz CT molecular complexity index is 656. The summed E-state index contributed by atoms with van der Waals surface area (Å²) in [6, 6.07) is 11.7. The smallest absolute Gasteiger partial charge is 0.180 e. The maximum atomic E-state index is 5.96. The van der Waals surface area contributed by atoms with E-state index in [9.17, 15) is 0 Å². The van der Waals surface area contributed by atoms with Crippen molar-refractivity contribution in [1.29, 1.82) is 0 Å². The fourth-order valence-corrected chi connectivity index (χ4v) is 6.02. The second kappa shape index (κ2) is 7.06. The summed E-state index contributed by atoms with van der Waals surface area (Å²) in [5.41, 5.74) is 8.57. The van der Waals surface area contributed by atoms with E-state index in [1.54, 1.807) is 11.3 Å². The van der Waals surface area contributed by atoms with E-state index in [-0.39, 0.29) is 5.41 Å². The first-order valence-corrected chi connectivity index (χ1v) is 10.9. The first-order chi connectivity index (χ1) is 11.8. The van der Waals surface area contributed by atoms with E-state index in [1.807, 2.05) is 0 Å². The number of benzene rings is 1. The monoisotopic (exact) mass is 359 g/mol. The van der Waals surface area contributed by atoms with Crippen molar-refractivity contribution in [3.8, 4) is 0 Å². The first kappa shape index (κ1) is 16.4. The predicted molar refractivity (Wildman–Crippen MR) is 105 cm³/mol. The molecular weight excluding hydrogens is 334 g/mol. The van der Waals surface area contributed by atoms with Gasteiger partial charge in [0.2, 0.25) is 0 Å². The molecule has 2 saturated heterocycles. The number of likely N-dealkylation sites (tertiary alicyclic amines) is 1. The summed E-state index contributed by atoms with van der Waals surface area (Å²) in [6.45, 7) is 2.34. The number of anilines is 1. The maximum Gasteiger partial charge on any atom is 0.180 e. The van der Waals surface area contributed by atoms with Crippen molar-refractivity contribution >= 4 is 28.2 Å². The van der Waals surface area contributed by atoms with Crippen molar-refractivity contribution in [2.75, 3.05) is 30.3 Å². The summed E-state index contributed by atoms with van der Waals surface area (Å²) in [7, 11) is 0. The van der Waals surface area contributed by atoms with Gasteiger partial charge in [-0.05, 0) is 55.8 Å². The molecule has 1 aromatic carbocycles. The largest absolute Gasteiger partial charge is 0.375 e. The predicted octanol–water partition coefficient (Wildman–Crippen LogP) is 4.00. The van der Waals surface area contributed by atoms with Crippen molar-refractivity contribution in [3.63, 3.8) is 0 Å². The Balaban J connectivity index is 1.59. The van der Waals surface area contributed by atoms with Gasteiger partial charge in [-0.3, -0.25) is 0 Å². The van der Waals surface area contributed by atoms with Gasteiger partial charge in [-0.25, -0.2) is 4.98 Å². The molecule has 4 rings (SSSR count). The second-order valence-corrected chi connectivity index (χ2v) is 9.01. The summed E-state index contributed by atoms with van der Waals surface area (Å²) >= 11 is 3.68. The lowest BCUT2D eigenvalue weighted by atomic mass is 9.70. The lowest BCUT2D eigenvalue weighted by Crippen LogP contribution is -2.48. The zero-order valence-corrected chi connectivity index (χ0v) is 15.6. The van der Waals surface area contributed by atoms with Crippen LogP contribution in [0, 0.1) is 0 Å². The Morgan fingerprint density at radius 1 is 1.08 bits per heavy atom. The summed E-state index contributed by atoms with van der Waals surface area (Å²) in [4.78, 5) is 7.43. The van der Waals surface area contributed by atoms with E-state index in [4.69, 9.17) is 10.7 Å². The molecule has 0 aliphatic carbocycles. The van der Waals surface area contributed by atoms with Crippen LogP contribution in [0.1, 0.15) is 36.9 Å². The Morgan fingerprint density at radius 2 is 1.79 bits per heavy atom. The minimum atomic E-state index is 0.0370. The molecule has 0 radical (unpaired) electrons. The molecule has 24 heavy (non-hydrogen) atoms. The molecule has 0 atom stereocenters. The summed E-state index contributed by atoms with van der Waals surface area (Å²) in [6.07, 6.45) is 4.99. The van der Waals surface area contributed by atoms with Gasteiger partial charge < -0.3 is 10.6 Å². The molecular formula is C19H25N3S2. The van der Waals surface area contributed by atoms with E-state index < -0.39 is 0 Å². The summed E-state index contributed by atoms with van der Waals surface area (Å²) in [5, 5.41) is 2.86. The van der Waals surface area contributed by atoms with Gasteiger partial charge in [-0.2, -0.15) is 11.8 Å². The van der Waals surface area contributed by atoms with Crippen molar-refractivity contribution in [3.05, 3.63) is 47.0 Å². The highest BCUT2D eigenvalue weighted by Gasteiger charge is 2.41. The molecule has 2 aliphatic heterocycles. The van der Waals surface area contributed by atoms with E-state index in [2.05, 4.69) is 52.4 Å². The number of aromatic nitrogens is 1. The molecule has 0 saturated carbocycles. The van der Waals surface area contributed by atoms with Gasteiger partial charge >= 0.3 is 0 Å². The van der Waals surface area contributed by atoms with Gasteiger partial charge in [0.1, 0.15) is 0 Å². The number of thioether (sulfide) groups is 1.